The first-order chi connectivity index (χ1) is 11.8. The molecule has 0 spiro atoms. The minimum absolute atomic E-state index is 0.0199. The highest BCUT2D eigenvalue weighted by Crippen LogP contribution is 2.23. The quantitative estimate of drug-likeness (QED) is 0.709. The highest BCUT2D eigenvalue weighted by molar-refractivity contribution is 5.44. The number of rotatable bonds is 5. The van der Waals surface area contributed by atoms with Gasteiger partial charge in [-0.05, 0) is 19.1 Å². The molecule has 8 heteroatoms. The molecule has 24 heavy (non-hydrogen) atoms. The van der Waals surface area contributed by atoms with Gasteiger partial charge in [0.15, 0.2) is 5.76 Å². The van der Waals surface area contributed by atoms with Gasteiger partial charge in [-0.2, -0.15) is 10.1 Å². The maximum Gasteiger partial charge on any atom is 0.241 e. The molecule has 126 valence electrons. The third kappa shape index (κ3) is 3.10. The predicted molar refractivity (Wildman–Crippen MR) is 83.9 cm³/mol. The number of furan rings is 1. The van der Waals surface area contributed by atoms with E-state index in [0.29, 0.717) is 30.6 Å². The Morgan fingerprint density at radius 2 is 2.33 bits per heavy atom. The van der Waals surface area contributed by atoms with Crippen molar-refractivity contribution in [1.82, 2.24) is 24.8 Å². The molecule has 3 aromatic heterocycles. The second kappa shape index (κ2) is 6.58. The molecule has 0 aromatic carbocycles. The summed E-state index contributed by atoms with van der Waals surface area (Å²) in [7, 11) is 0. The minimum Gasteiger partial charge on any atom is -0.461 e. The van der Waals surface area contributed by atoms with Crippen LogP contribution in [0.25, 0.3) is 11.6 Å². The van der Waals surface area contributed by atoms with Crippen molar-refractivity contribution in [3.8, 4) is 11.6 Å². The van der Waals surface area contributed by atoms with Gasteiger partial charge in [0.05, 0.1) is 31.7 Å². The van der Waals surface area contributed by atoms with Gasteiger partial charge in [0.2, 0.25) is 11.7 Å². The van der Waals surface area contributed by atoms with Crippen LogP contribution >= 0.6 is 0 Å². The normalized spacial score (nSPS) is 19.0. The van der Waals surface area contributed by atoms with Crippen LogP contribution in [0.4, 0.5) is 0 Å². The Labute approximate surface area is 139 Å². The molecule has 1 aliphatic rings. The van der Waals surface area contributed by atoms with Crippen molar-refractivity contribution in [2.24, 2.45) is 0 Å². The average molecular weight is 329 g/mol. The van der Waals surface area contributed by atoms with Gasteiger partial charge < -0.3 is 13.7 Å². The molecule has 0 N–H and O–H groups in total. The largest absolute Gasteiger partial charge is 0.461 e. The third-order valence-electron chi connectivity index (χ3n) is 4.07. The van der Waals surface area contributed by atoms with Gasteiger partial charge in [-0.15, -0.1) is 0 Å². The summed E-state index contributed by atoms with van der Waals surface area (Å²) in [5, 5.41) is 8.28. The van der Waals surface area contributed by atoms with Gasteiger partial charge in [-0.25, -0.2) is 0 Å². The van der Waals surface area contributed by atoms with Crippen LogP contribution in [0.3, 0.4) is 0 Å². The van der Waals surface area contributed by atoms with Gasteiger partial charge in [0.25, 0.3) is 0 Å². The zero-order valence-corrected chi connectivity index (χ0v) is 13.5. The first-order valence-corrected chi connectivity index (χ1v) is 8.04. The molecule has 4 rings (SSSR count). The number of hydrogen-bond acceptors (Lipinski definition) is 7. The Bertz CT molecular complexity index is 779. The first kappa shape index (κ1) is 15.1. The van der Waals surface area contributed by atoms with Crippen molar-refractivity contribution in [2.45, 2.75) is 26.1 Å². The highest BCUT2D eigenvalue weighted by atomic mass is 16.5. The maximum absolute atomic E-state index is 5.88. The van der Waals surface area contributed by atoms with Crippen molar-refractivity contribution in [3.05, 3.63) is 42.2 Å². The van der Waals surface area contributed by atoms with E-state index in [2.05, 4.69) is 27.1 Å². The molecular weight excluding hydrogens is 310 g/mol. The van der Waals surface area contributed by atoms with Gasteiger partial charge in [0.1, 0.15) is 0 Å². The number of ether oxygens (including phenoxy) is 1. The lowest BCUT2D eigenvalue weighted by atomic mass is 10.1. The van der Waals surface area contributed by atoms with Crippen molar-refractivity contribution in [2.75, 3.05) is 19.7 Å². The summed E-state index contributed by atoms with van der Waals surface area (Å²) in [6, 6.07) is 3.61. The van der Waals surface area contributed by atoms with Crippen LogP contribution in [0, 0.1) is 0 Å². The molecular formula is C16H19N5O3. The number of nitrogens with zero attached hydrogens (tertiary/aromatic N) is 5. The van der Waals surface area contributed by atoms with Crippen LogP contribution in [0.1, 0.15) is 24.5 Å². The third-order valence-corrected chi connectivity index (χ3v) is 4.07. The maximum atomic E-state index is 5.88. The summed E-state index contributed by atoms with van der Waals surface area (Å²) in [6.45, 7) is 5.78. The summed E-state index contributed by atoms with van der Waals surface area (Å²) in [5.74, 6) is 1.66. The summed E-state index contributed by atoms with van der Waals surface area (Å²) in [4.78, 5) is 6.64. The first-order valence-electron chi connectivity index (χ1n) is 8.04. The Hall–Kier alpha value is -2.45. The SMILES string of the molecule is CCn1cc(C2CN(Cc3nc(-c4ccco4)no3)CCO2)cn1. The molecule has 0 amide bonds. The smallest absolute Gasteiger partial charge is 0.241 e. The fraction of sp³-hybridized carbons (Fsp3) is 0.438. The number of aromatic nitrogens is 4. The Morgan fingerprint density at radius 1 is 1.38 bits per heavy atom. The van der Waals surface area contributed by atoms with E-state index < -0.39 is 0 Å². The summed E-state index contributed by atoms with van der Waals surface area (Å²) < 4.78 is 18.4. The molecule has 0 saturated carbocycles. The number of aryl methyl sites for hydroxylation is 1. The molecule has 8 nitrogen and oxygen atoms in total. The van der Waals surface area contributed by atoms with Crippen LogP contribution < -0.4 is 0 Å². The lowest BCUT2D eigenvalue weighted by Crippen LogP contribution is -2.37. The van der Waals surface area contributed by atoms with E-state index in [9.17, 15) is 0 Å². The van der Waals surface area contributed by atoms with E-state index in [1.807, 2.05) is 23.1 Å². The van der Waals surface area contributed by atoms with Crippen LogP contribution in [0.2, 0.25) is 0 Å². The van der Waals surface area contributed by atoms with Crippen LogP contribution in [0.5, 0.6) is 0 Å². The molecule has 3 aromatic rings. The summed E-state index contributed by atoms with van der Waals surface area (Å²) in [6.07, 6.45) is 5.52. The van der Waals surface area contributed by atoms with E-state index in [-0.39, 0.29) is 6.10 Å². The van der Waals surface area contributed by atoms with E-state index >= 15 is 0 Å². The second-order valence-electron chi connectivity index (χ2n) is 5.71. The Kier molecular flexibility index (Phi) is 4.14. The molecule has 0 aliphatic carbocycles. The number of morpholine rings is 1. The lowest BCUT2D eigenvalue weighted by Gasteiger charge is -2.31. The molecule has 1 saturated heterocycles. The Morgan fingerprint density at radius 3 is 3.12 bits per heavy atom. The average Bonchev–Trinajstić information content (AvgIpc) is 3.36. The molecule has 0 bridgehead atoms. The van der Waals surface area contributed by atoms with E-state index in [4.69, 9.17) is 13.7 Å². The van der Waals surface area contributed by atoms with Crippen molar-refractivity contribution < 1.29 is 13.7 Å². The van der Waals surface area contributed by atoms with E-state index in [0.717, 1.165) is 25.2 Å². The van der Waals surface area contributed by atoms with E-state index in [1.54, 1.807) is 12.3 Å². The van der Waals surface area contributed by atoms with Gasteiger partial charge in [-0.1, -0.05) is 5.16 Å². The monoisotopic (exact) mass is 329 g/mol. The molecule has 1 atom stereocenters. The molecule has 1 fully saturated rings. The van der Waals surface area contributed by atoms with Crippen molar-refractivity contribution in [1.29, 1.82) is 0 Å². The van der Waals surface area contributed by atoms with Gasteiger partial charge in [-0.3, -0.25) is 9.58 Å². The van der Waals surface area contributed by atoms with Gasteiger partial charge in [0, 0.05) is 31.4 Å². The van der Waals surface area contributed by atoms with E-state index in [1.165, 1.54) is 0 Å². The Balaban J connectivity index is 1.41. The highest BCUT2D eigenvalue weighted by Gasteiger charge is 2.24. The predicted octanol–water partition coefficient (Wildman–Crippen LogP) is 2.12. The van der Waals surface area contributed by atoms with Crippen LogP contribution in [0.15, 0.2) is 39.7 Å². The summed E-state index contributed by atoms with van der Waals surface area (Å²) in [5.41, 5.74) is 1.10. The standard InChI is InChI=1S/C16H19N5O3/c1-2-21-9-12(8-17-21)14-10-20(5-7-23-14)11-15-18-16(19-24-15)13-4-3-6-22-13/h3-4,6,8-9,14H,2,5,7,10-11H2,1H3. The molecule has 1 unspecified atom stereocenters. The number of hydrogen-bond donors (Lipinski definition) is 0. The summed E-state index contributed by atoms with van der Waals surface area (Å²) >= 11 is 0. The zero-order valence-electron chi connectivity index (χ0n) is 13.5. The van der Waals surface area contributed by atoms with Crippen LogP contribution in [-0.2, 0) is 17.8 Å². The van der Waals surface area contributed by atoms with Crippen molar-refractivity contribution in [3.63, 3.8) is 0 Å². The fourth-order valence-corrected chi connectivity index (χ4v) is 2.78. The zero-order chi connectivity index (χ0) is 16.4. The minimum atomic E-state index is 0.0199. The molecule has 1 aliphatic heterocycles. The fourth-order valence-electron chi connectivity index (χ4n) is 2.78. The second-order valence-corrected chi connectivity index (χ2v) is 5.71. The molecule has 0 radical (unpaired) electrons. The molecule has 4 heterocycles. The lowest BCUT2D eigenvalue weighted by molar-refractivity contribution is -0.0356. The van der Waals surface area contributed by atoms with Crippen LogP contribution in [-0.4, -0.2) is 44.5 Å². The van der Waals surface area contributed by atoms with Gasteiger partial charge >= 0.3 is 0 Å². The topological polar surface area (TPSA) is 82.4 Å². The van der Waals surface area contributed by atoms with Crippen molar-refractivity contribution >= 4 is 0 Å².